The molecule has 1 N–H and O–H groups in total. The zero-order chi connectivity index (χ0) is 18.7. The second-order valence-electron chi connectivity index (χ2n) is 6.38. The van der Waals surface area contributed by atoms with Crippen LogP contribution in [0.1, 0.15) is 13.8 Å². The van der Waals surface area contributed by atoms with Crippen molar-refractivity contribution in [1.29, 1.82) is 0 Å². The monoisotopic (exact) mass is 390 g/mol. The standard InChI is InChI=1S/C18H19ClN4O2S/c1-18(2)16(25)20-9-10-23(18)15(24)11-26-17-21-8-7-14(22-17)12-3-5-13(19)6-4-12/h3-8H,9-11H2,1-2H3,(H,20,25). The van der Waals surface area contributed by atoms with Crippen molar-refractivity contribution in [2.45, 2.75) is 24.5 Å². The third-order valence-corrected chi connectivity index (χ3v) is 5.35. The molecular weight excluding hydrogens is 372 g/mol. The summed E-state index contributed by atoms with van der Waals surface area (Å²) in [5.74, 6) is -0.0562. The van der Waals surface area contributed by atoms with Crippen LogP contribution in [0.2, 0.25) is 5.02 Å². The molecule has 2 aromatic rings. The van der Waals surface area contributed by atoms with Gasteiger partial charge in [0.25, 0.3) is 0 Å². The quantitative estimate of drug-likeness (QED) is 0.641. The number of nitrogens with zero attached hydrogens (tertiary/aromatic N) is 3. The summed E-state index contributed by atoms with van der Waals surface area (Å²) in [7, 11) is 0. The van der Waals surface area contributed by atoms with Crippen molar-refractivity contribution < 1.29 is 9.59 Å². The van der Waals surface area contributed by atoms with Crippen molar-refractivity contribution in [1.82, 2.24) is 20.2 Å². The van der Waals surface area contributed by atoms with E-state index in [4.69, 9.17) is 11.6 Å². The van der Waals surface area contributed by atoms with Crippen molar-refractivity contribution in [3.8, 4) is 11.3 Å². The Morgan fingerprint density at radius 2 is 2.04 bits per heavy atom. The van der Waals surface area contributed by atoms with Crippen molar-refractivity contribution in [2.24, 2.45) is 0 Å². The zero-order valence-electron chi connectivity index (χ0n) is 14.5. The maximum Gasteiger partial charge on any atom is 0.245 e. The van der Waals surface area contributed by atoms with Gasteiger partial charge in [-0.25, -0.2) is 9.97 Å². The number of nitrogens with one attached hydrogen (secondary N) is 1. The van der Waals surface area contributed by atoms with Crippen LogP contribution in [0.4, 0.5) is 0 Å². The van der Waals surface area contributed by atoms with Crippen molar-refractivity contribution in [2.75, 3.05) is 18.8 Å². The van der Waals surface area contributed by atoms with E-state index in [0.717, 1.165) is 11.3 Å². The number of carbonyl (C=O) groups excluding carboxylic acids is 2. The SMILES string of the molecule is CC1(C)C(=O)NCCN1C(=O)CSc1nccc(-c2ccc(Cl)cc2)n1. The summed E-state index contributed by atoms with van der Waals surface area (Å²) in [5.41, 5.74) is 0.852. The molecular formula is C18H19ClN4O2S. The minimum atomic E-state index is -0.845. The number of rotatable bonds is 4. The first-order chi connectivity index (χ1) is 12.4. The van der Waals surface area contributed by atoms with E-state index in [1.165, 1.54) is 11.8 Å². The third-order valence-electron chi connectivity index (χ3n) is 4.25. The summed E-state index contributed by atoms with van der Waals surface area (Å²) in [6.45, 7) is 4.48. The van der Waals surface area contributed by atoms with Crippen LogP contribution in [-0.2, 0) is 9.59 Å². The van der Waals surface area contributed by atoms with E-state index < -0.39 is 5.54 Å². The van der Waals surface area contributed by atoms with Crippen LogP contribution in [0, 0.1) is 0 Å². The van der Waals surface area contributed by atoms with Crippen LogP contribution in [0.25, 0.3) is 11.3 Å². The molecule has 0 spiro atoms. The molecule has 0 saturated carbocycles. The molecule has 8 heteroatoms. The molecule has 0 bridgehead atoms. The Kier molecular flexibility index (Phi) is 5.48. The first-order valence-electron chi connectivity index (χ1n) is 8.18. The van der Waals surface area contributed by atoms with Gasteiger partial charge in [-0.15, -0.1) is 0 Å². The predicted molar refractivity (Wildman–Crippen MR) is 102 cm³/mol. The number of halogens is 1. The molecule has 26 heavy (non-hydrogen) atoms. The highest BCUT2D eigenvalue weighted by Gasteiger charge is 2.40. The molecule has 0 aliphatic carbocycles. The minimum absolute atomic E-state index is 0.102. The normalized spacial score (nSPS) is 16.3. The van der Waals surface area contributed by atoms with Gasteiger partial charge in [-0.05, 0) is 32.0 Å². The van der Waals surface area contributed by atoms with Crippen LogP contribution >= 0.6 is 23.4 Å². The lowest BCUT2D eigenvalue weighted by Gasteiger charge is -2.41. The number of carbonyl (C=O) groups is 2. The lowest BCUT2D eigenvalue weighted by Crippen LogP contribution is -2.63. The molecule has 136 valence electrons. The summed E-state index contributed by atoms with van der Waals surface area (Å²) in [6, 6.07) is 9.20. The van der Waals surface area contributed by atoms with Crippen LogP contribution < -0.4 is 5.32 Å². The maximum atomic E-state index is 12.6. The van der Waals surface area contributed by atoms with E-state index in [1.54, 1.807) is 37.1 Å². The van der Waals surface area contributed by atoms with E-state index in [9.17, 15) is 9.59 Å². The van der Waals surface area contributed by atoms with Gasteiger partial charge in [-0.2, -0.15) is 0 Å². The average molecular weight is 391 g/mol. The number of aromatic nitrogens is 2. The topological polar surface area (TPSA) is 75.2 Å². The van der Waals surface area contributed by atoms with Gasteiger partial charge in [-0.1, -0.05) is 35.5 Å². The molecule has 2 heterocycles. The highest BCUT2D eigenvalue weighted by molar-refractivity contribution is 7.99. The molecule has 1 aliphatic heterocycles. The third kappa shape index (κ3) is 3.99. The molecule has 1 aromatic heterocycles. The van der Waals surface area contributed by atoms with Gasteiger partial charge in [-0.3, -0.25) is 9.59 Å². The number of piperazine rings is 1. The number of amides is 2. The summed E-state index contributed by atoms with van der Waals surface area (Å²) >= 11 is 7.18. The highest BCUT2D eigenvalue weighted by atomic mass is 35.5. The summed E-state index contributed by atoms with van der Waals surface area (Å²) in [4.78, 5) is 34.9. The Balaban J connectivity index is 1.68. The fourth-order valence-electron chi connectivity index (χ4n) is 2.73. The van der Waals surface area contributed by atoms with Crippen molar-refractivity contribution >= 4 is 35.2 Å². The van der Waals surface area contributed by atoms with Crippen molar-refractivity contribution in [3.63, 3.8) is 0 Å². The highest BCUT2D eigenvalue weighted by Crippen LogP contribution is 2.24. The lowest BCUT2D eigenvalue weighted by molar-refractivity contribution is -0.147. The largest absolute Gasteiger partial charge is 0.352 e. The fourth-order valence-corrected chi connectivity index (χ4v) is 3.56. The first kappa shape index (κ1) is 18.7. The Morgan fingerprint density at radius 3 is 2.77 bits per heavy atom. The summed E-state index contributed by atoms with van der Waals surface area (Å²) in [6.07, 6.45) is 1.67. The average Bonchev–Trinajstić information content (AvgIpc) is 2.63. The van der Waals surface area contributed by atoms with E-state index in [1.807, 2.05) is 18.2 Å². The number of hydrogen-bond acceptors (Lipinski definition) is 5. The second kappa shape index (κ2) is 7.63. The van der Waals surface area contributed by atoms with Gasteiger partial charge in [0.2, 0.25) is 11.8 Å². The number of thioether (sulfide) groups is 1. The van der Waals surface area contributed by atoms with E-state index in [-0.39, 0.29) is 17.6 Å². The molecule has 0 atom stereocenters. The Labute approximate surface area is 161 Å². The molecule has 0 radical (unpaired) electrons. The van der Waals surface area contributed by atoms with Crippen LogP contribution in [0.3, 0.4) is 0 Å². The molecule has 2 amide bonds. The number of benzene rings is 1. The Hall–Kier alpha value is -2.12. The lowest BCUT2D eigenvalue weighted by atomic mass is 9.99. The van der Waals surface area contributed by atoms with Gasteiger partial charge in [0.05, 0.1) is 11.4 Å². The van der Waals surface area contributed by atoms with E-state index in [0.29, 0.717) is 23.3 Å². The zero-order valence-corrected chi connectivity index (χ0v) is 16.1. The minimum Gasteiger partial charge on any atom is -0.352 e. The van der Waals surface area contributed by atoms with Gasteiger partial charge in [0.1, 0.15) is 5.54 Å². The van der Waals surface area contributed by atoms with Gasteiger partial charge < -0.3 is 10.2 Å². The predicted octanol–water partition coefficient (Wildman–Crippen LogP) is 2.63. The maximum absolute atomic E-state index is 12.6. The molecule has 0 unspecified atom stereocenters. The number of hydrogen-bond donors (Lipinski definition) is 1. The summed E-state index contributed by atoms with van der Waals surface area (Å²) < 4.78 is 0. The Bertz CT molecular complexity index is 826. The van der Waals surface area contributed by atoms with E-state index >= 15 is 0 Å². The molecule has 3 rings (SSSR count). The fraction of sp³-hybridized carbons (Fsp3) is 0.333. The first-order valence-corrected chi connectivity index (χ1v) is 9.55. The van der Waals surface area contributed by atoms with Crippen molar-refractivity contribution in [3.05, 3.63) is 41.6 Å². The van der Waals surface area contributed by atoms with Crippen LogP contribution in [-0.4, -0.2) is 51.1 Å². The molecule has 1 aromatic carbocycles. The molecule has 6 nitrogen and oxygen atoms in total. The van der Waals surface area contributed by atoms with Crippen LogP contribution in [0.15, 0.2) is 41.7 Å². The second-order valence-corrected chi connectivity index (χ2v) is 7.76. The summed E-state index contributed by atoms with van der Waals surface area (Å²) in [5, 5.41) is 3.97. The Morgan fingerprint density at radius 1 is 1.31 bits per heavy atom. The van der Waals surface area contributed by atoms with Crippen LogP contribution in [0.5, 0.6) is 0 Å². The molecule has 1 fully saturated rings. The van der Waals surface area contributed by atoms with E-state index in [2.05, 4.69) is 15.3 Å². The van der Waals surface area contributed by atoms with Gasteiger partial charge in [0.15, 0.2) is 5.16 Å². The smallest absolute Gasteiger partial charge is 0.245 e. The van der Waals surface area contributed by atoms with Gasteiger partial charge in [0, 0.05) is 29.9 Å². The molecule has 1 saturated heterocycles. The van der Waals surface area contributed by atoms with Gasteiger partial charge >= 0.3 is 0 Å². The molecule has 1 aliphatic rings.